The van der Waals surface area contributed by atoms with Crippen LogP contribution in [0.25, 0.3) is 0 Å². The highest BCUT2D eigenvalue weighted by atomic mass is 127. The Labute approximate surface area is 120 Å². The Hall–Kier alpha value is -1.24. The largest absolute Gasteiger partial charge is 0.491 e. The summed E-state index contributed by atoms with van der Waals surface area (Å²) in [4.78, 5) is 0. The van der Waals surface area contributed by atoms with Crippen molar-refractivity contribution >= 4 is 28.4 Å². The number of nitrogen functional groups attached to an aromatic ring is 1. The zero-order valence-corrected chi connectivity index (χ0v) is 12.6. The Morgan fingerprint density at radius 2 is 2.22 bits per heavy atom. The summed E-state index contributed by atoms with van der Waals surface area (Å²) in [7, 11) is 0. The molecular weight excluding hydrogens is 341 g/mol. The first-order valence-corrected chi connectivity index (χ1v) is 6.86. The highest BCUT2D eigenvalue weighted by Crippen LogP contribution is 2.18. The van der Waals surface area contributed by atoms with E-state index in [1.54, 1.807) is 10.9 Å². The van der Waals surface area contributed by atoms with Gasteiger partial charge >= 0.3 is 0 Å². The number of benzene rings is 1. The molecular formula is C13H16IN3O. The predicted octanol–water partition coefficient (Wildman–Crippen LogP) is 2.91. The summed E-state index contributed by atoms with van der Waals surface area (Å²) in [6.45, 7) is 4.69. The quantitative estimate of drug-likeness (QED) is 0.857. The molecule has 1 aromatic heterocycles. The van der Waals surface area contributed by atoms with Crippen LogP contribution in [0.3, 0.4) is 0 Å². The zero-order chi connectivity index (χ0) is 13.1. The van der Waals surface area contributed by atoms with E-state index in [1.165, 1.54) is 0 Å². The van der Waals surface area contributed by atoms with Gasteiger partial charge in [0.2, 0.25) is 0 Å². The lowest BCUT2D eigenvalue weighted by atomic mass is 10.2. The molecule has 0 spiro atoms. The van der Waals surface area contributed by atoms with Crippen molar-refractivity contribution in [3.63, 3.8) is 0 Å². The molecule has 0 aliphatic rings. The van der Waals surface area contributed by atoms with Crippen LogP contribution in [0.15, 0.2) is 30.5 Å². The van der Waals surface area contributed by atoms with Crippen LogP contribution in [-0.4, -0.2) is 15.9 Å². The fourth-order valence-electron chi connectivity index (χ4n) is 1.66. The van der Waals surface area contributed by atoms with Crippen LogP contribution in [0.5, 0.6) is 5.75 Å². The third-order valence-corrected chi connectivity index (χ3v) is 3.27. The minimum Gasteiger partial charge on any atom is -0.491 e. The molecule has 0 radical (unpaired) electrons. The van der Waals surface area contributed by atoms with Gasteiger partial charge in [0.05, 0.1) is 22.4 Å². The standard InChI is InChI=1S/C13H16IN3O/c1-9(2)18-11-5-3-4-10(6-11)8-17-13(15)12(14)7-16-17/h3-7,9H,8,15H2,1-2H3. The van der Waals surface area contributed by atoms with Crippen LogP contribution in [0, 0.1) is 3.57 Å². The summed E-state index contributed by atoms with van der Waals surface area (Å²) < 4.78 is 8.43. The van der Waals surface area contributed by atoms with E-state index in [9.17, 15) is 0 Å². The van der Waals surface area contributed by atoms with Crippen molar-refractivity contribution in [2.75, 3.05) is 5.73 Å². The summed E-state index contributed by atoms with van der Waals surface area (Å²) >= 11 is 2.18. The molecule has 0 saturated carbocycles. The maximum atomic E-state index is 5.93. The Balaban J connectivity index is 2.16. The molecule has 96 valence electrons. The lowest BCUT2D eigenvalue weighted by Gasteiger charge is -2.11. The SMILES string of the molecule is CC(C)Oc1cccc(Cn2ncc(I)c2N)c1. The summed E-state index contributed by atoms with van der Waals surface area (Å²) in [5.74, 6) is 1.58. The number of aromatic nitrogens is 2. The molecule has 0 bridgehead atoms. The van der Waals surface area contributed by atoms with Crippen molar-refractivity contribution in [3.05, 3.63) is 39.6 Å². The number of halogens is 1. The van der Waals surface area contributed by atoms with Gasteiger partial charge in [-0.3, -0.25) is 0 Å². The Kier molecular flexibility index (Phi) is 4.11. The summed E-state index contributed by atoms with van der Waals surface area (Å²) in [5, 5.41) is 4.24. The minimum atomic E-state index is 0.177. The summed E-state index contributed by atoms with van der Waals surface area (Å²) in [6, 6.07) is 8.01. The van der Waals surface area contributed by atoms with Gasteiger partial charge in [-0.15, -0.1) is 0 Å². The second-order valence-corrected chi connectivity index (χ2v) is 5.51. The number of rotatable bonds is 4. The molecule has 18 heavy (non-hydrogen) atoms. The van der Waals surface area contributed by atoms with E-state index in [-0.39, 0.29) is 6.10 Å². The van der Waals surface area contributed by atoms with Gasteiger partial charge in [0.15, 0.2) is 0 Å². The van der Waals surface area contributed by atoms with E-state index in [0.717, 1.165) is 14.9 Å². The molecule has 2 rings (SSSR count). The second kappa shape index (κ2) is 5.60. The molecule has 0 aliphatic carbocycles. The smallest absolute Gasteiger partial charge is 0.135 e. The van der Waals surface area contributed by atoms with Crippen molar-refractivity contribution in [1.29, 1.82) is 0 Å². The molecule has 0 unspecified atom stereocenters. The number of ether oxygens (including phenoxy) is 1. The van der Waals surface area contributed by atoms with E-state index >= 15 is 0 Å². The summed E-state index contributed by atoms with van der Waals surface area (Å²) in [5.41, 5.74) is 7.06. The van der Waals surface area contributed by atoms with Crippen LogP contribution < -0.4 is 10.5 Å². The molecule has 4 nitrogen and oxygen atoms in total. The zero-order valence-electron chi connectivity index (χ0n) is 10.4. The molecule has 0 saturated heterocycles. The van der Waals surface area contributed by atoms with E-state index in [1.807, 2.05) is 38.1 Å². The van der Waals surface area contributed by atoms with E-state index in [4.69, 9.17) is 10.5 Å². The molecule has 2 N–H and O–H groups in total. The molecule has 0 fully saturated rings. The van der Waals surface area contributed by atoms with Crippen molar-refractivity contribution in [3.8, 4) is 5.75 Å². The highest BCUT2D eigenvalue weighted by Gasteiger charge is 2.06. The Bertz CT molecular complexity index is 537. The highest BCUT2D eigenvalue weighted by molar-refractivity contribution is 14.1. The number of anilines is 1. The monoisotopic (exact) mass is 357 g/mol. The van der Waals surface area contributed by atoms with Crippen molar-refractivity contribution < 1.29 is 4.74 Å². The maximum absolute atomic E-state index is 5.93. The van der Waals surface area contributed by atoms with Gasteiger partial charge in [-0.05, 0) is 54.1 Å². The normalized spacial score (nSPS) is 10.9. The van der Waals surface area contributed by atoms with Gasteiger partial charge in [0.1, 0.15) is 11.6 Å². The maximum Gasteiger partial charge on any atom is 0.135 e. The van der Waals surface area contributed by atoms with Crippen LogP contribution in [0.2, 0.25) is 0 Å². The van der Waals surface area contributed by atoms with Crippen LogP contribution in [-0.2, 0) is 6.54 Å². The van der Waals surface area contributed by atoms with Gasteiger partial charge in [0.25, 0.3) is 0 Å². The first-order valence-electron chi connectivity index (χ1n) is 5.78. The van der Waals surface area contributed by atoms with Crippen molar-refractivity contribution in [2.45, 2.75) is 26.5 Å². The fourth-order valence-corrected chi connectivity index (χ4v) is 2.06. The van der Waals surface area contributed by atoms with Gasteiger partial charge in [-0.1, -0.05) is 12.1 Å². The average Bonchev–Trinajstić information content (AvgIpc) is 2.61. The van der Waals surface area contributed by atoms with E-state index in [2.05, 4.69) is 27.7 Å². The number of hydrogen-bond acceptors (Lipinski definition) is 3. The lowest BCUT2D eigenvalue weighted by molar-refractivity contribution is 0.242. The fraction of sp³-hybridized carbons (Fsp3) is 0.308. The number of nitrogens with two attached hydrogens (primary N) is 1. The van der Waals surface area contributed by atoms with Crippen LogP contribution in [0.4, 0.5) is 5.82 Å². The van der Waals surface area contributed by atoms with Gasteiger partial charge < -0.3 is 10.5 Å². The molecule has 5 heteroatoms. The molecule has 1 aromatic carbocycles. The van der Waals surface area contributed by atoms with Gasteiger partial charge in [-0.2, -0.15) is 5.10 Å². The summed E-state index contributed by atoms with van der Waals surface area (Å²) in [6.07, 6.45) is 1.95. The third-order valence-electron chi connectivity index (χ3n) is 2.44. The Morgan fingerprint density at radius 3 is 2.83 bits per heavy atom. The van der Waals surface area contributed by atoms with E-state index < -0.39 is 0 Å². The molecule has 2 aromatic rings. The first-order chi connectivity index (χ1) is 8.56. The minimum absolute atomic E-state index is 0.177. The van der Waals surface area contributed by atoms with Gasteiger partial charge in [0, 0.05) is 0 Å². The van der Waals surface area contributed by atoms with Crippen molar-refractivity contribution in [2.24, 2.45) is 0 Å². The topological polar surface area (TPSA) is 53.1 Å². The van der Waals surface area contributed by atoms with E-state index in [0.29, 0.717) is 12.4 Å². The molecule has 0 atom stereocenters. The number of nitrogens with zero attached hydrogens (tertiary/aromatic N) is 2. The van der Waals surface area contributed by atoms with Crippen molar-refractivity contribution in [1.82, 2.24) is 9.78 Å². The molecule has 0 amide bonds. The molecule has 0 aliphatic heterocycles. The predicted molar refractivity (Wildman–Crippen MR) is 80.7 cm³/mol. The van der Waals surface area contributed by atoms with Crippen LogP contribution in [0.1, 0.15) is 19.4 Å². The third kappa shape index (κ3) is 3.16. The Morgan fingerprint density at radius 1 is 1.44 bits per heavy atom. The second-order valence-electron chi connectivity index (χ2n) is 4.35. The van der Waals surface area contributed by atoms with Crippen LogP contribution >= 0.6 is 22.6 Å². The number of hydrogen-bond donors (Lipinski definition) is 1. The molecule has 1 heterocycles. The van der Waals surface area contributed by atoms with Gasteiger partial charge in [-0.25, -0.2) is 4.68 Å². The first kappa shape index (κ1) is 13.2. The lowest BCUT2D eigenvalue weighted by Crippen LogP contribution is -2.08. The average molecular weight is 357 g/mol.